The first kappa shape index (κ1) is 24.3. The van der Waals surface area contributed by atoms with Crippen molar-refractivity contribution in [1.29, 1.82) is 0 Å². The van der Waals surface area contributed by atoms with Gasteiger partial charge in [0.15, 0.2) is 5.13 Å². The van der Waals surface area contributed by atoms with E-state index >= 15 is 0 Å². The monoisotopic (exact) mass is 505 g/mol. The third-order valence-electron chi connectivity index (χ3n) is 4.95. The zero-order valence-corrected chi connectivity index (χ0v) is 20.7. The summed E-state index contributed by atoms with van der Waals surface area (Å²) < 4.78 is 10.4. The number of hydrogen-bond donors (Lipinski definition) is 2. The molecule has 0 atom stereocenters. The number of nitrogens with one attached hydrogen (secondary N) is 2. The molecular formula is C26H23N3O4S2. The van der Waals surface area contributed by atoms with Gasteiger partial charge in [0.25, 0.3) is 5.91 Å². The number of ether oxygens (including phenoxy) is 2. The highest BCUT2D eigenvalue weighted by Crippen LogP contribution is 2.28. The zero-order chi connectivity index (χ0) is 24.6. The van der Waals surface area contributed by atoms with Gasteiger partial charge in [-0.1, -0.05) is 12.1 Å². The maximum atomic E-state index is 12.4. The van der Waals surface area contributed by atoms with Crippen molar-refractivity contribution in [2.45, 2.75) is 4.90 Å². The van der Waals surface area contributed by atoms with Crippen LogP contribution >= 0.6 is 23.1 Å². The molecule has 0 bridgehead atoms. The fourth-order valence-electron chi connectivity index (χ4n) is 3.13. The lowest BCUT2D eigenvalue weighted by Gasteiger charge is -2.07. The third-order valence-corrected chi connectivity index (χ3v) is 6.72. The molecular weight excluding hydrogens is 482 g/mol. The number of amides is 2. The molecule has 0 saturated heterocycles. The number of carbonyl (C=O) groups excluding carboxylic acids is 2. The Kier molecular flexibility index (Phi) is 8.02. The fraction of sp³-hybridized carbons (Fsp3) is 0.115. The summed E-state index contributed by atoms with van der Waals surface area (Å²) in [6.07, 6.45) is 0. The lowest BCUT2D eigenvalue weighted by molar-refractivity contribution is -0.113. The Hall–Kier alpha value is -3.82. The molecule has 7 nitrogen and oxygen atoms in total. The van der Waals surface area contributed by atoms with E-state index in [9.17, 15) is 9.59 Å². The summed E-state index contributed by atoms with van der Waals surface area (Å²) in [5.74, 6) is 1.34. The summed E-state index contributed by atoms with van der Waals surface area (Å²) in [7, 11) is 3.20. The Morgan fingerprint density at radius 1 is 0.914 bits per heavy atom. The van der Waals surface area contributed by atoms with E-state index in [1.54, 1.807) is 38.5 Å². The first-order valence-electron chi connectivity index (χ1n) is 10.6. The van der Waals surface area contributed by atoms with Crippen LogP contribution < -0.4 is 20.1 Å². The van der Waals surface area contributed by atoms with Crippen LogP contribution in [0.4, 0.5) is 10.8 Å². The topological polar surface area (TPSA) is 89.5 Å². The predicted molar refractivity (Wildman–Crippen MR) is 141 cm³/mol. The molecule has 0 aliphatic heterocycles. The standard InChI is InChI=1S/C26H23N3O4S2/c1-32-20-10-6-17(7-11-20)25(31)27-19-8-12-22(13-9-19)34-16-24(30)29-26-28-23(15-35-26)18-4-3-5-21(14-18)33-2/h3-15H,16H2,1-2H3,(H,27,31)(H,28,29,30). The van der Waals surface area contributed by atoms with E-state index in [1.165, 1.54) is 23.1 Å². The van der Waals surface area contributed by atoms with Gasteiger partial charge in [-0.3, -0.25) is 9.59 Å². The highest BCUT2D eigenvalue weighted by Gasteiger charge is 2.10. The van der Waals surface area contributed by atoms with Crippen molar-refractivity contribution in [3.05, 3.63) is 83.7 Å². The van der Waals surface area contributed by atoms with Crippen LogP contribution in [-0.4, -0.2) is 36.8 Å². The predicted octanol–water partition coefficient (Wildman–Crippen LogP) is 5.81. The summed E-state index contributed by atoms with van der Waals surface area (Å²) in [6, 6.07) is 21.9. The molecule has 1 aromatic heterocycles. The number of carbonyl (C=O) groups is 2. The highest BCUT2D eigenvalue weighted by molar-refractivity contribution is 8.00. The second kappa shape index (κ2) is 11.5. The minimum absolute atomic E-state index is 0.140. The first-order valence-corrected chi connectivity index (χ1v) is 12.5. The van der Waals surface area contributed by atoms with Crippen LogP contribution in [0.2, 0.25) is 0 Å². The summed E-state index contributed by atoms with van der Waals surface area (Å²) in [6.45, 7) is 0. The van der Waals surface area contributed by atoms with Crippen molar-refractivity contribution in [2.75, 3.05) is 30.6 Å². The quantitative estimate of drug-likeness (QED) is 0.279. The molecule has 1 heterocycles. The number of anilines is 2. The van der Waals surface area contributed by atoms with Crippen LogP contribution in [0, 0.1) is 0 Å². The van der Waals surface area contributed by atoms with Crippen LogP contribution in [0.25, 0.3) is 11.3 Å². The van der Waals surface area contributed by atoms with E-state index in [4.69, 9.17) is 9.47 Å². The SMILES string of the molecule is COc1ccc(C(=O)Nc2ccc(SCC(=O)Nc3nc(-c4cccc(OC)c4)cs3)cc2)cc1. The first-order chi connectivity index (χ1) is 17.0. The number of hydrogen-bond acceptors (Lipinski definition) is 7. The molecule has 4 aromatic rings. The normalized spacial score (nSPS) is 10.5. The molecule has 2 amide bonds. The highest BCUT2D eigenvalue weighted by atomic mass is 32.2. The van der Waals surface area contributed by atoms with Gasteiger partial charge in [-0.05, 0) is 60.7 Å². The average Bonchev–Trinajstić information content (AvgIpc) is 3.36. The number of nitrogens with zero attached hydrogens (tertiary/aromatic N) is 1. The molecule has 0 saturated carbocycles. The largest absolute Gasteiger partial charge is 0.497 e. The lowest BCUT2D eigenvalue weighted by Crippen LogP contribution is -2.13. The van der Waals surface area contributed by atoms with Crippen LogP contribution in [0.15, 0.2) is 83.1 Å². The van der Waals surface area contributed by atoms with E-state index in [0.717, 1.165) is 21.9 Å². The molecule has 0 fully saturated rings. The number of thioether (sulfide) groups is 1. The van der Waals surface area contributed by atoms with Gasteiger partial charge in [0.2, 0.25) is 5.91 Å². The minimum atomic E-state index is -0.204. The van der Waals surface area contributed by atoms with E-state index < -0.39 is 0 Å². The number of rotatable bonds is 9. The Balaban J connectivity index is 1.27. The maximum absolute atomic E-state index is 12.4. The van der Waals surface area contributed by atoms with E-state index in [-0.39, 0.29) is 17.6 Å². The number of benzene rings is 3. The molecule has 178 valence electrons. The molecule has 0 aliphatic carbocycles. The summed E-state index contributed by atoms with van der Waals surface area (Å²) in [5.41, 5.74) is 2.92. The fourth-order valence-corrected chi connectivity index (χ4v) is 4.56. The molecule has 3 aromatic carbocycles. The van der Waals surface area contributed by atoms with Gasteiger partial charge in [-0.25, -0.2) is 4.98 Å². The van der Waals surface area contributed by atoms with E-state index in [0.29, 0.717) is 22.1 Å². The maximum Gasteiger partial charge on any atom is 0.255 e. The third kappa shape index (κ3) is 6.62. The zero-order valence-electron chi connectivity index (χ0n) is 19.1. The molecule has 35 heavy (non-hydrogen) atoms. The van der Waals surface area contributed by atoms with E-state index in [2.05, 4.69) is 15.6 Å². The molecule has 0 radical (unpaired) electrons. The number of methoxy groups -OCH3 is 2. The van der Waals surface area contributed by atoms with Crippen molar-refractivity contribution in [1.82, 2.24) is 4.98 Å². The smallest absolute Gasteiger partial charge is 0.255 e. The summed E-state index contributed by atoms with van der Waals surface area (Å²) >= 11 is 2.78. The Morgan fingerprint density at radius 3 is 2.37 bits per heavy atom. The Bertz CT molecular complexity index is 1300. The van der Waals surface area contributed by atoms with Crippen LogP contribution in [0.1, 0.15) is 10.4 Å². The number of thiazole rings is 1. The van der Waals surface area contributed by atoms with Crippen molar-refractivity contribution in [3.63, 3.8) is 0 Å². The van der Waals surface area contributed by atoms with Crippen LogP contribution in [0.3, 0.4) is 0 Å². The Morgan fingerprint density at radius 2 is 1.66 bits per heavy atom. The molecule has 0 spiro atoms. The van der Waals surface area contributed by atoms with Crippen LogP contribution in [0.5, 0.6) is 11.5 Å². The van der Waals surface area contributed by atoms with Gasteiger partial charge in [-0.15, -0.1) is 23.1 Å². The van der Waals surface area contributed by atoms with Gasteiger partial charge in [-0.2, -0.15) is 0 Å². The minimum Gasteiger partial charge on any atom is -0.497 e. The van der Waals surface area contributed by atoms with Crippen molar-refractivity contribution in [2.24, 2.45) is 0 Å². The van der Waals surface area contributed by atoms with Gasteiger partial charge in [0, 0.05) is 27.1 Å². The molecule has 9 heteroatoms. The van der Waals surface area contributed by atoms with Gasteiger partial charge < -0.3 is 20.1 Å². The molecule has 0 aliphatic rings. The summed E-state index contributed by atoms with van der Waals surface area (Å²) in [5, 5.41) is 8.15. The second-order valence-electron chi connectivity index (χ2n) is 7.31. The van der Waals surface area contributed by atoms with Crippen molar-refractivity contribution >= 4 is 45.7 Å². The van der Waals surface area contributed by atoms with Crippen LogP contribution in [-0.2, 0) is 4.79 Å². The Labute approximate surface area is 211 Å². The number of aromatic nitrogens is 1. The van der Waals surface area contributed by atoms with Gasteiger partial charge >= 0.3 is 0 Å². The molecule has 4 rings (SSSR count). The second-order valence-corrected chi connectivity index (χ2v) is 9.22. The van der Waals surface area contributed by atoms with Gasteiger partial charge in [0.05, 0.1) is 25.7 Å². The summed E-state index contributed by atoms with van der Waals surface area (Å²) in [4.78, 5) is 30.2. The van der Waals surface area contributed by atoms with Gasteiger partial charge in [0.1, 0.15) is 11.5 Å². The van der Waals surface area contributed by atoms with E-state index in [1.807, 2.05) is 53.9 Å². The molecule has 2 N–H and O–H groups in total. The van der Waals surface area contributed by atoms with Crippen molar-refractivity contribution in [3.8, 4) is 22.8 Å². The van der Waals surface area contributed by atoms with Crippen molar-refractivity contribution < 1.29 is 19.1 Å². The average molecular weight is 506 g/mol. The molecule has 0 unspecified atom stereocenters. The lowest BCUT2D eigenvalue weighted by atomic mass is 10.2.